The third-order valence-electron chi connectivity index (χ3n) is 11.0. The molecule has 4 atom stereocenters. The van der Waals surface area contributed by atoms with Crippen molar-refractivity contribution in [3.63, 3.8) is 0 Å². The molecule has 0 aliphatic carbocycles. The fourth-order valence-electron chi connectivity index (χ4n) is 7.43. The Bertz CT molecular complexity index is 1090. The van der Waals surface area contributed by atoms with Gasteiger partial charge in [0.15, 0.2) is 24.2 Å². The molecule has 2 saturated heterocycles. The van der Waals surface area contributed by atoms with E-state index in [1.54, 1.807) is 9.80 Å². The Morgan fingerprint density at radius 1 is 0.357 bits per heavy atom. The maximum atomic E-state index is 13.3. The lowest BCUT2D eigenvalue weighted by atomic mass is 10.1. The lowest BCUT2D eigenvalue weighted by Crippen LogP contribution is -2.21. The minimum Gasteiger partial charge on any atom is -0.464 e. The van der Waals surface area contributed by atoms with Gasteiger partial charge in [0, 0.05) is 11.4 Å². The molecule has 1 aromatic rings. The molecule has 56 heavy (non-hydrogen) atoms. The van der Waals surface area contributed by atoms with E-state index in [9.17, 15) is 19.2 Å². The summed E-state index contributed by atoms with van der Waals surface area (Å²) >= 11 is 0. The number of carbonyl (C=O) groups excluding carboxylic acids is 4. The fraction of sp³-hybridized carbons (Fsp3) is 0.783. The number of nitrogens with zero attached hydrogens (tertiary/aromatic N) is 2. The Labute approximate surface area is 339 Å². The molecule has 0 amide bonds. The van der Waals surface area contributed by atoms with Crippen LogP contribution in [0.4, 0.5) is 11.4 Å². The van der Waals surface area contributed by atoms with Gasteiger partial charge in [0.25, 0.3) is 0 Å². The summed E-state index contributed by atoms with van der Waals surface area (Å²) in [7, 11) is 0. The summed E-state index contributed by atoms with van der Waals surface area (Å²) < 4.78 is 22.7. The van der Waals surface area contributed by atoms with Crippen molar-refractivity contribution in [3.05, 3.63) is 24.3 Å². The van der Waals surface area contributed by atoms with Crippen LogP contribution in [0.25, 0.3) is 0 Å². The van der Waals surface area contributed by atoms with Crippen molar-refractivity contribution in [2.24, 2.45) is 0 Å². The van der Waals surface area contributed by atoms with Gasteiger partial charge in [0.1, 0.15) is 0 Å². The van der Waals surface area contributed by atoms with Crippen LogP contribution in [0.5, 0.6) is 0 Å². The maximum Gasteiger partial charge on any atom is 0.331 e. The molecule has 1 aromatic carbocycles. The van der Waals surface area contributed by atoms with E-state index in [1.165, 1.54) is 77.0 Å². The number of hydrogen-bond donors (Lipinski definition) is 0. The van der Waals surface area contributed by atoms with Crippen LogP contribution in [0.3, 0.4) is 0 Å². The zero-order valence-corrected chi connectivity index (χ0v) is 35.6. The van der Waals surface area contributed by atoms with E-state index in [4.69, 9.17) is 18.9 Å². The molecule has 0 unspecified atom stereocenters. The smallest absolute Gasteiger partial charge is 0.331 e. The molecule has 318 valence electrons. The third-order valence-corrected chi connectivity index (χ3v) is 11.0. The second-order valence-corrected chi connectivity index (χ2v) is 15.9. The first-order valence-electron chi connectivity index (χ1n) is 22.7. The summed E-state index contributed by atoms with van der Waals surface area (Å²) in [5, 5.41) is 0. The van der Waals surface area contributed by atoms with Crippen LogP contribution in [0.15, 0.2) is 24.3 Å². The highest BCUT2D eigenvalue weighted by molar-refractivity contribution is 6.02. The largest absolute Gasteiger partial charge is 0.464 e. The summed E-state index contributed by atoms with van der Waals surface area (Å²) in [6, 6.07) is 4.25. The first kappa shape index (κ1) is 47.1. The van der Waals surface area contributed by atoms with E-state index in [2.05, 4.69) is 27.7 Å². The first-order chi connectivity index (χ1) is 27.4. The van der Waals surface area contributed by atoms with E-state index < -0.39 is 48.0 Å². The van der Waals surface area contributed by atoms with Crippen molar-refractivity contribution in [3.8, 4) is 0 Å². The highest BCUT2D eigenvalue weighted by Crippen LogP contribution is 2.41. The SMILES string of the molecule is CCCCCCCCOC(=O)[C@@H]1[C@H](C(=O)OCCCCCCCC)N1c1ccc(N2[C@H](C(=O)OCCCCCCCC)[C@@H]2C(=O)OCCCCCCCC)cc1. The van der Waals surface area contributed by atoms with Crippen LogP contribution >= 0.6 is 0 Å². The minimum absolute atomic E-state index is 0.329. The van der Waals surface area contributed by atoms with Gasteiger partial charge in [-0.2, -0.15) is 0 Å². The molecule has 2 aliphatic heterocycles. The van der Waals surface area contributed by atoms with Gasteiger partial charge in [0.05, 0.1) is 26.4 Å². The van der Waals surface area contributed by atoms with E-state index in [-0.39, 0.29) is 0 Å². The van der Waals surface area contributed by atoms with Crippen molar-refractivity contribution < 1.29 is 38.1 Å². The Kier molecular flexibility index (Phi) is 23.7. The Morgan fingerprint density at radius 3 is 0.768 bits per heavy atom. The van der Waals surface area contributed by atoms with Gasteiger partial charge >= 0.3 is 23.9 Å². The van der Waals surface area contributed by atoms with Crippen molar-refractivity contribution >= 4 is 35.3 Å². The van der Waals surface area contributed by atoms with E-state index in [1.807, 2.05) is 24.3 Å². The van der Waals surface area contributed by atoms with Crippen LogP contribution in [-0.2, 0) is 38.1 Å². The molecule has 0 spiro atoms. The summed E-state index contributed by atoms with van der Waals surface area (Å²) in [6.07, 6.45) is 26.0. The van der Waals surface area contributed by atoms with E-state index >= 15 is 0 Å². The molecule has 0 aromatic heterocycles. The number of rotatable bonds is 34. The minimum atomic E-state index is -0.756. The van der Waals surface area contributed by atoms with Gasteiger partial charge in [0.2, 0.25) is 0 Å². The zero-order chi connectivity index (χ0) is 40.4. The molecule has 2 aliphatic rings. The second-order valence-electron chi connectivity index (χ2n) is 15.9. The molecule has 0 saturated carbocycles. The number of unbranched alkanes of at least 4 members (excludes halogenated alkanes) is 20. The fourth-order valence-corrected chi connectivity index (χ4v) is 7.43. The van der Waals surface area contributed by atoms with Gasteiger partial charge < -0.3 is 28.7 Å². The summed E-state index contributed by atoms with van der Waals surface area (Å²) in [5.41, 5.74) is 1.34. The van der Waals surface area contributed by atoms with Gasteiger partial charge in [-0.15, -0.1) is 0 Å². The lowest BCUT2D eigenvalue weighted by Gasteiger charge is -2.11. The Balaban J connectivity index is 1.64. The van der Waals surface area contributed by atoms with E-state index in [0.29, 0.717) is 37.8 Å². The Hall–Kier alpha value is -3.30. The molecule has 10 nitrogen and oxygen atoms in total. The lowest BCUT2D eigenvalue weighted by molar-refractivity contribution is -0.147. The van der Waals surface area contributed by atoms with E-state index in [0.717, 1.165) is 77.0 Å². The highest BCUT2D eigenvalue weighted by Gasteiger charge is 2.61. The molecule has 10 heteroatoms. The van der Waals surface area contributed by atoms with Gasteiger partial charge in [-0.3, -0.25) is 0 Å². The van der Waals surface area contributed by atoms with Crippen molar-refractivity contribution in [1.29, 1.82) is 0 Å². The average molecular weight is 785 g/mol. The molecule has 0 bridgehead atoms. The first-order valence-corrected chi connectivity index (χ1v) is 22.7. The second kappa shape index (κ2) is 28.2. The number of anilines is 2. The third kappa shape index (κ3) is 16.7. The summed E-state index contributed by atoms with van der Waals surface area (Å²) in [5.74, 6) is -1.68. The van der Waals surface area contributed by atoms with Crippen LogP contribution in [0.1, 0.15) is 182 Å². The predicted molar refractivity (Wildman–Crippen MR) is 224 cm³/mol. The number of carbonyl (C=O) groups is 4. The van der Waals surface area contributed by atoms with Crippen molar-refractivity contribution in [1.82, 2.24) is 0 Å². The van der Waals surface area contributed by atoms with Crippen LogP contribution < -0.4 is 9.80 Å². The summed E-state index contributed by atoms with van der Waals surface area (Å²) in [6.45, 7) is 10.1. The Morgan fingerprint density at radius 2 is 0.554 bits per heavy atom. The van der Waals surface area contributed by atoms with Crippen molar-refractivity contribution in [2.75, 3.05) is 36.2 Å². The van der Waals surface area contributed by atoms with Crippen LogP contribution in [-0.4, -0.2) is 74.5 Å². The number of esters is 4. The monoisotopic (exact) mass is 785 g/mol. The number of hydrogen-bond acceptors (Lipinski definition) is 10. The molecule has 2 fully saturated rings. The van der Waals surface area contributed by atoms with Crippen LogP contribution in [0, 0.1) is 0 Å². The zero-order valence-electron chi connectivity index (χ0n) is 35.6. The standard InChI is InChI=1S/C46H76N2O8/c1-5-9-13-17-21-25-33-53-43(49)39-40(44(50)54-34-26-22-18-14-10-6-2)47(39)37-29-31-38(32-30-37)48-41(45(51)55-35-27-23-19-15-11-7-3)42(48)46(52)56-36-28-24-20-16-12-8-4/h29-32,39-42H,5-28,33-36H2,1-4H3/t39-,40+,41-,42+,47?,48?. The molecule has 0 radical (unpaired) electrons. The molecule has 0 N–H and O–H groups in total. The summed E-state index contributed by atoms with van der Waals surface area (Å²) in [4.78, 5) is 56.7. The highest BCUT2D eigenvalue weighted by atomic mass is 16.6. The molecule has 3 rings (SSSR count). The average Bonchev–Trinajstić information content (AvgIpc) is 4.13. The predicted octanol–water partition coefficient (Wildman–Crippen LogP) is 10.4. The maximum absolute atomic E-state index is 13.3. The van der Waals surface area contributed by atoms with Crippen LogP contribution in [0.2, 0.25) is 0 Å². The number of benzene rings is 1. The number of ether oxygens (including phenoxy) is 4. The normalized spacial score (nSPS) is 18.4. The molecular weight excluding hydrogens is 709 g/mol. The van der Waals surface area contributed by atoms with Gasteiger partial charge in [-0.05, 0) is 49.9 Å². The van der Waals surface area contributed by atoms with Gasteiger partial charge in [-0.1, -0.05) is 156 Å². The topological polar surface area (TPSA) is 111 Å². The van der Waals surface area contributed by atoms with Crippen molar-refractivity contribution in [2.45, 2.75) is 206 Å². The van der Waals surface area contributed by atoms with Gasteiger partial charge in [-0.25, -0.2) is 19.2 Å². The quantitative estimate of drug-likeness (QED) is 0.0290. The molecule has 2 heterocycles. The molecular formula is C46H76N2O8.